The number of likely N-dealkylation sites (N-methyl/N-ethyl adjacent to an activating group) is 1. The van der Waals surface area contributed by atoms with Crippen molar-refractivity contribution in [3.63, 3.8) is 0 Å². The molecule has 1 fully saturated rings. The molecule has 1 N–H and O–H groups in total. The molecule has 6 heteroatoms. The van der Waals surface area contributed by atoms with Crippen molar-refractivity contribution in [2.24, 2.45) is 0 Å². The van der Waals surface area contributed by atoms with Gasteiger partial charge in [-0.05, 0) is 23.8 Å². The van der Waals surface area contributed by atoms with Gasteiger partial charge in [0.1, 0.15) is 12.4 Å². The molecule has 0 unspecified atom stereocenters. The van der Waals surface area contributed by atoms with Gasteiger partial charge >= 0.3 is 0 Å². The minimum Gasteiger partial charge on any atom is -0.492 e. The molecule has 0 saturated carbocycles. The van der Waals surface area contributed by atoms with Crippen molar-refractivity contribution < 1.29 is 4.74 Å². The minimum absolute atomic E-state index is 0.648. The lowest BCUT2D eigenvalue weighted by Crippen LogP contribution is -2.23. The van der Waals surface area contributed by atoms with Crippen LogP contribution in [0.25, 0.3) is 6.08 Å². The molecule has 1 saturated heterocycles. The largest absolute Gasteiger partial charge is 0.492 e. The fourth-order valence-electron chi connectivity index (χ4n) is 2.11. The summed E-state index contributed by atoms with van der Waals surface area (Å²) in [6.45, 7) is 1.47. The van der Waals surface area contributed by atoms with Crippen molar-refractivity contribution in [3.05, 3.63) is 47.1 Å². The molecule has 4 nitrogen and oxygen atoms in total. The van der Waals surface area contributed by atoms with E-state index >= 15 is 0 Å². The Bertz CT molecular complexity index is 603. The van der Waals surface area contributed by atoms with E-state index in [0.29, 0.717) is 6.61 Å². The van der Waals surface area contributed by atoms with Crippen LogP contribution in [0.5, 0.6) is 5.75 Å². The first-order valence-corrected chi connectivity index (χ1v) is 9.20. The van der Waals surface area contributed by atoms with Crippen LogP contribution in [0.15, 0.2) is 41.5 Å². The minimum atomic E-state index is 0.648. The molecule has 116 valence electrons. The summed E-state index contributed by atoms with van der Waals surface area (Å²) in [6, 6.07) is 8.24. The van der Waals surface area contributed by atoms with Gasteiger partial charge in [0, 0.05) is 30.1 Å². The maximum absolute atomic E-state index is 5.79. The van der Waals surface area contributed by atoms with E-state index < -0.39 is 0 Å². The Morgan fingerprint density at radius 3 is 2.91 bits per heavy atom. The van der Waals surface area contributed by atoms with Gasteiger partial charge in [-0.2, -0.15) is 0 Å². The number of thioether (sulfide) groups is 1. The molecule has 0 amide bonds. The fraction of sp³-hybridized carbons (Fsp3) is 0.312. The summed E-state index contributed by atoms with van der Waals surface area (Å²) in [4.78, 5) is 6.38. The molecule has 1 aliphatic heterocycles. The summed E-state index contributed by atoms with van der Waals surface area (Å²) in [7, 11) is 2.03. The molecule has 22 heavy (non-hydrogen) atoms. The number of rotatable bonds is 6. The molecule has 0 atom stereocenters. The lowest BCUT2D eigenvalue weighted by Gasteiger charge is -2.16. The number of nitrogens with one attached hydrogen (secondary N) is 1. The summed E-state index contributed by atoms with van der Waals surface area (Å²) in [5, 5.41) is 6.37. The van der Waals surface area contributed by atoms with Crippen LogP contribution in [0, 0.1) is 0 Å². The number of nitrogens with zero attached hydrogens (tertiary/aromatic N) is 2. The van der Waals surface area contributed by atoms with Gasteiger partial charge in [-0.15, -0.1) is 23.1 Å². The van der Waals surface area contributed by atoms with Crippen molar-refractivity contribution in [2.45, 2.75) is 0 Å². The molecule has 1 aliphatic rings. The first-order chi connectivity index (χ1) is 10.8. The van der Waals surface area contributed by atoms with Crippen LogP contribution in [-0.2, 0) is 0 Å². The lowest BCUT2D eigenvalue weighted by atomic mass is 10.2. The summed E-state index contributed by atoms with van der Waals surface area (Å²) in [5.74, 6) is 2.99. The second-order valence-corrected chi connectivity index (χ2v) is 6.85. The standard InChI is InChI=1S/C16H19N3OS2/c1-19(16-17-6-9-22-16)7-8-20-15-4-2-13(3-5-15)10-14-11-21-12-18-14/h2-6,9-10,18H,7-8,11-12H2,1H3. The maximum Gasteiger partial charge on any atom is 0.185 e. The van der Waals surface area contributed by atoms with Gasteiger partial charge in [0.05, 0.1) is 12.4 Å². The van der Waals surface area contributed by atoms with Crippen LogP contribution in [-0.4, -0.2) is 36.8 Å². The number of thiazole rings is 1. The van der Waals surface area contributed by atoms with Crippen LogP contribution in [0.2, 0.25) is 0 Å². The van der Waals surface area contributed by atoms with Gasteiger partial charge in [-0.3, -0.25) is 0 Å². The predicted octanol–water partition coefficient (Wildman–Crippen LogP) is 3.29. The molecule has 2 heterocycles. The quantitative estimate of drug-likeness (QED) is 0.878. The first kappa shape index (κ1) is 15.2. The highest BCUT2D eigenvalue weighted by molar-refractivity contribution is 7.99. The Hall–Kier alpha value is -1.66. The molecule has 2 aromatic rings. The van der Waals surface area contributed by atoms with Gasteiger partial charge in [-0.1, -0.05) is 12.1 Å². The molecule has 1 aromatic heterocycles. The summed E-state index contributed by atoms with van der Waals surface area (Å²) in [6.07, 6.45) is 4.02. The zero-order valence-electron chi connectivity index (χ0n) is 12.5. The van der Waals surface area contributed by atoms with Crippen molar-refractivity contribution in [2.75, 3.05) is 36.7 Å². The van der Waals surface area contributed by atoms with Crippen LogP contribution < -0.4 is 15.0 Å². The zero-order chi connectivity index (χ0) is 15.2. The normalized spacial score (nSPS) is 15.8. The Kier molecular flexibility index (Phi) is 5.24. The Labute approximate surface area is 139 Å². The van der Waals surface area contributed by atoms with Crippen molar-refractivity contribution >= 4 is 34.3 Å². The molecule has 0 aliphatic carbocycles. The highest BCUT2D eigenvalue weighted by Gasteiger charge is 2.05. The van der Waals surface area contributed by atoms with Crippen LogP contribution in [0.1, 0.15) is 5.56 Å². The molecular formula is C16H19N3OS2. The monoisotopic (exact) mass is 333 g/mol. The van der Waals surface area contributed by atoms with E-state index in [1.807, 2.05) is 42.5 Å². The Balaban J connectivity index is 1.48. The molecule has 0 radical (unpaired) electrons. The summed E-state index contributed by atoms with van der Waals surface area (Å²) >= 11 is 3.54. The van der Waals surface area contributed by atoms with E-state index in [1.165, 1.54) is 11.3 Å². The van der Waals surface area contributed by atoms with Crippen LogP contribution in [0.4, 0.5) is 5.13 Å². The second-order valence-electron chi connectivity index (χ2n) is 4.99. The number of aromatic nitrogens is 1. The van der Waals surface area contributed by atoms with Crippen molar-refractivity contribution in [1.82, 2.24) is 10.3 Å². The van der Waals surface area contributed by atoms with Gasteiger partial charge in [0.2, 0.25) is 0 Å². The third-order valence-corrected chi connectivity index (χ3v) is 5.07. The van der Waals surface area contributed by atoms with Gasteiger partial charge < -0.3 is 15.0 Å². The summed E-state index contributed by atoms with van der Waals surface area (Å²) in [5.41, 5.74) is 2.50. The smallest absolute Gasteiger partial charge is 0.185 e. The number of hydrogen-bond acceptors (Lipinski definition) is 6. The van der Waals surface area contributed by atoms with Crippen molar-refractivity contribution in [1.29, 1.82) is 0 Å². The molecule has 0 bridgehead atoms. The topological polar surface area (TPSA) is 37.4 Å². The number of anilines is 1. The molecule has 3 rings (SSSR count). The highest BCUT2D eigenvalue weighted by Crippen LogP contribution is 2.19. The summed E-state index contributed by atoms with van der Waals surface area (Å²) < 4.78 is 5.79. The van der Waals surface area contributed by atoms with E-state index in [2.05, 4.69) is 33.4 Å². The van der Waals surface area contributed by atoms with E-state index in [4.69, 9.17) is 4.74 Å². The fourth-order valence-corrected chi connectivity index (χ4v) is 3.54. The average Bonchev–Trinajstić information content (AvgIpc) is 3.22. The molecular weight excluding hydrogens is 314 g/mol. The van der Waals surface area contributed by atoms with Crippen LogP contribution in [0.3, 0.4) is 0 Å². The Morgan fingerprint density at radius 1 is 1.36 bits per heavy atom. The third kappa shape index (κ3) is 4.18. The zero-order valence-corrected chi connectivity index (χ0v) is 14.1. The number of ether oxygens (including phenoxy) is 1. The van der Waals surface area contributed by atoms with E-state index in [0.717, 1.165) is 29.1 Å². The maximum atomic E-state index is 5.79. The van der Waals surface area contributed by atoms with Gasteiger partial charge in [0.25, 0.3) is 0 Å². The Morgan fingerprint density at radius 2 is 2.23 bits per heavy atom. The number of benzene rings is 1. The SMILES string of the molecule is CN(CCOc1ccc(C=C2CSCN2)cc1)c1nccs1. The molecule has 0 spiro atoms. The van der Waals surface area contributed by atoms with E-state index in [-0.39, 0.29) is 0 Å². The van der Waals surface area contributed by atoms with Gasteiger partial charge in [-0.25, -0.2) is 4.98 Å². The van der Waals surface area contributed by atoms with Crippen LogP contribution >= 0.6 is 23.1 Å². The van der Waals surface area contributed by atoms with E-state index in [1.54, 1.807) is 11.3 Å². The third-order valence-electron chi connectivity index (χ3n) is 3.32. The lowest BCUT2D eigenvalue weighted by molar-refractivity contribution is 0.326. The highest BCUT2D eigenvalue weighted by atomic mass is 32.2. The second kappa shape index (κ2) is 7.56. The van der Waals surface area contributed by atoms with E-state index in [9.17, 15) is 0 Å². The predicted molar refractivity (Wildman–Crippen MR) is 95.8 cm³/mol. The average molecular weight is 333 g/mol. The molecule has 1 aromatic carbocycles. The first-order valence-electron chi connectivity index (χ1n) is 7.17. The van der Waals surface area contributed by atoms with Gasteiger partial charge in [0.15, 0.2) is 5.13 Å². The van der Waals surface area contributed by atoms with Crippen molar-refractivity contribution in [3.8, 4) is 5.75 Å². The number of hydrogen-bond donors (Lipinski definition) is 1.